The molecule has 2 aromatic heterocycles. The summed E-state index contributed by atoms with van der Waals surface area (Å²) < 4.78 is 14.5. The Balaban J connectivity index is 1.31. The maximum Gasteiger partial charge on any atom is 0.154 e. The van der Waals surface area contributed by atoms with Gasteiger partial charge in [-0.05, 0) is 87.9 Å². The zero-order valence-electron chi connectivity index (χ0n) is 26.5. The molecule has 232 valence electrons. The summed E-state index contributed by atoms with van der Waals surface area (Å²) in [7, 11) is 0. The number of hydrogen-bond acceptors (Lipinski definition) is 5. The second-order valence-corrected chi connectivity index (χ2v) is 12.7. The van der Waals surface area contributed by atoms with Crippen LogP contribution in [0.4, 0.5) is 0 Å². The number of aryl methyl sites for hydroxylation is 5. The minimum Gasteiger partial charge on any atom is -0.494 e. The van der Waals surface area contributed by atoms with Crippen LogP contribution in [0.3, 0.4) is 0 Å². The van der Waals surface area contributed by atoms with Crippen LogP contribution in [-0.2, 0) is 24.4 Å². The second kappa shape index (κ2) is 13.3. The zero-order chi connectivity index (χ0) is 31.7. The summed E-state index contributed by atoms with van der Waals surface area (Å²) in [5, 5.41) is 2.65. The Morgan fingerprint density at radius 3 is 2.31 bits per heavy atom. The minimum atomic E-state index is 0.182. The predicted octanol–water partition coefficient (Wildman–Crippen LogP) is 9.36. The molecule has 3 heterocycles. The normalized spacial score (nSPS) is 14.2. The van der Waals surface area contributed by atoms with Gasteiger partial charge in [0.15, 0.2) is 5.82 Å². The number of nitrogens with zero attached hydrogens (tertiary/aromatic N) is 4. The lowest BCUT2D eigenvalue weighted by atomic mass is 9.97. The second-order valence-electron chi connectivity index (χ2n) is 11.9. The van der Waals surface area contributed by atoms with Crippen LogP contribution in [0.15, 0.2) is 59.6 Å². The summed E-state index contributed by atoms with van der Waals surface area (Å²) in [6.45, 7) is 12.5. The first-order valence-electron chi connectivity index (χ1n) is 15.4. The van der Waals surface area contributed by atoms with Gasteiger partial charge in [0.25, 0.3) is 0 Å². The molecule has 0 radical (unpaired) electrons. The van der Waals surface area contributed by atoms with Crippen molar-refractivity contribution in [3.05, 3.63) is 110 Å². The van der Waals surface area contributed by atoms with Gasteiger partial charge >= 0.3 is 0 Å². The number of hydrogen-bond donors (Lipinski definition) is 0. The number of aliphatic imine (C=N–C) groups is 1. The summed E-state index contributed by atoms with van der Waals surface area (Å²) in [6, 6.07) is 18.5. The molecule has 8 heteroatoms. The van der Waals surface area contributed by atoms with Crippen molar-refractivity contribution in [3.8, 4) is 16.9 Å². The molecule has 0 fully saturated rings. The lowest BCUT2D eigenvalue weighted by molar-refractivity contribution is 0.101. The Labute approximate surface area is 275 Å². The van der Waals surface area contributed by atoms with E-state index in [9.17, 15) is 0 Å². The highest BCUT2D eigenvalue weighted by molar-refractivity contribution is 6.35. The van der Waals surface area contributed by atoms with Crippen molar-refractivity contribution in [1.29, 1.82) is 0 Å². The van der Waals surface area contributed by atoms with Crippen LogP contribution in [0.1, 0.15) is 64.5 Å². The largest absolute Gasteiger partial charge is 0.494 e. The molecule has 45 heavy (non-hydrogen) atoms. The van der Waals surface area contributed by atoms with Crippen LogP contribution in [0.5, 0.6) is 5.75 Å². The van der Waals surface area contributed by atoms with Crippen LogP contribution in [0.25, 0.3) is 22.0 Å². The molecule has 6 rings (SSSR count). The monoisotopic (exact) mass is 640 g/mol. The van der Waals surface area contributed by atoms with E-state index in [1.807, 2.05) is 70.3 Å². The van der Waals surface area contributed by atoms with E-state index in [1.54, 1.807) is 0 Å². The molecule has 1 aliphatic rings. The molecular formula is C37H38Cl2N4O2. The van der Waals surface area contributed by atoms with Crippen molar-refractivity contribution in [2.45, 2.75) is 66.7 Å². The van der Waals surface area contributed by atoms with Crippen molar-refractivity contribution in [2.24, 2.45) is 4.99 Å². The number of halogens is 2. The fourth-order valence-corrected chi connectivity index (χ4v) is 6.77. The summed E-state index contributed by atoms with van der Waals surface area (Å²) in [4.78, 5) is 14.5. The standard InChI is InChI=1S/C37H38Cl2N4O2/c1-22-16-28(17-23(2)36(22)39)45-15-9-12-29-30-13-14-31(38)35(37(30)43-24(3)18-40-19-32(29)43)34-25(4)41-33(42-26(34)5)21-44-20-27-10-7-6-8-11-27/h6-8,10-11,13-14,16-17,19,24H,9,12,15,18,20-21H2,1-5H3/t24-/m1/s1. The molecule has 1 aliphatic heterocycles. The van der Waals surface area contributed by atoms with E-state index < -0.39 is 0 Å². The minimum absolute atomic E-state index is 0.182. The predicted molar refractivity (Wildman–Crippen MR) is 184 cm³/mol. The molecule has 0 aliphatic carbocycles. The third-order valence-corrected chi connectivity index (χ3v) is 9.36. The average molecular weight is 642 g/mol. The number of rotatable bonds is 10. The van der Waals surface area contributed by atoms with E-state index in [0.29, 0.717) is 37.2 Å². The highest BCUT2D eigenvalue weighted by Crippen LogP contribution is 2.43. The van der Waals surface area contributed by atoms with E-state index in [0.717, 1.165) is 74.0 Å². The van der Waals surface area contributed by atoms with Crippen LogP contribution in [0, 0.1) is 27.7 Å². The first-order valence-corrected chi connectivity index (χ1v) is 16.2. The van der Waals surface area contributed by atoms with Crippen molar-refractivity contribution >= 4 is 40.3 Å². The van der Waals surface area contributed by atoms with E-state index in [-0.39, 0.29) is 6.04 Å². The number of benzene rings is 3. The summed E-state index contributed by atoms with van der Waals surface area (Å²) in [5.74, 6) is 1.51. The molecule has 3 aromatic carbocycles. The van der Waals surface area contributed by atoms with Gasteiger partial charge in [0, 0.05) is 39.1 Å². The molecule has 0 N–H and O–H groups in total. The number of fused-ring (bicyclic) bond motifs is 3. The Bertz CT molecular complexity index is 1850. The lowest BCUT2D eigenvalue weighted by Gasteiger charge is -2.22. The molecule has 0 bridgehead atoms. The van der Waals surface area contributed by atoms with Gasteiger partial charge in [0.2, 0.25) is 0 Å². The van der Waals surface area contributed by atoms with Crippen LogP contribution in [0.2, 0.25) is 10.0 Å². The highest BCUT2D eigenvalue weighted by atomic mass is 35.5. The van der Waals surface area contributed by atoms with Gasteiger partial charge in [-0.2, -0.15) is 0 Å². The maximum absolute atomic E-state index is 7.05. The molecule has 0 saturated carbocycles. The Hall–Kier alpha value is -3.71. The summed E-state index contributed by atoms with van der Waals surface area (Å²) >= 11 is 13.4. The first-order chi connectivity index (χ1) is 21.7. The summed E-state index contributed by atoms with van der Waals surface area (Å²) in [5.41, 5.74) is 10.4. The van der Waals surface area contributed by atoms with Crippen molar-refractivity contribution in [1.82, 2.24) is 14.5 Å². The molecule has 5 aromatic rings. The summed E-state index contributed by atoms with van der Waals surface area (Å²) in [6.07, 6.45) is 3.71. The van der Waals surface area contributed by atoms with Crippen molar-refractivity contribution in [2.75, 3.05) is 13.2 Å². The van der Waals surface area contributed by atoms with E-state index in [4.69, 9.17) is 47.6 Å². The van der Waals surface area contributed by atoms with Crippen LogP contribution in [-0.4, -0.2) is 33.9 Å². The van der Waals surface area contributed by atoms with Crippen LogP contribution < -0.4 is 4.74 Å². The quantitative estimate of drug-likeness (QED) is 0.143. The van der Waals surface area contributed by atoms with Gasteiger partial charge in [0.05, 0.1) is 42.0 Å². The van der Waals surface area contributed by atoms with Crippen molar-refractivity contribution in [3.63, 3.8) is 0 Å². The third kappa shape index (κ3) is 6.37. The number of aromatic nitrogens is 3. The maximum atomic E-state index is 7.05. The van der Waals surface area contributed by atoms with Gasteiger partial charge < -0.3 is 14.0 Å². The van der Waals surface area contributed by atoms with Gasteiger partial charge in [-0.15, -0.1) is 0 Å². The molecule has 0 amide bonds. The Morgan fingerprint density at radius 1 is 0.889 bits per heavy atom. The molecule has 0 unspecified atom stereocenters. The first kappa shape index (κ1) is 31.3. The molecule has 0 spiro atoms. The van der Waals surface area contributed by atoms with Gasteiger partial charge in [0.1, 0.15) is 12.4 Å². The van der Waals surface area contributed by atoms with E-state index in [1.165, 1.54) is 10.9 Å². The molecule has 1 atom stereocenters. The molecule has 6 nitrogen and oxygen atoms in total. The third-order valence-electron chi connectivity index (χ3n) is 8.45. The smallest absolute Gasteiger partial charge is 0.154 e. The SMILES string of the molecule is Cc1cc(OCCCc2c3n(c4c(-c5c(C)nc(COCc6ccccc6)nc5C)c(Cl)ccc24)[C@H](C)CN=C3)cc(C)c1Cl. The molecular weight excluding hydrogens is 603 g/mol. The van der Waals surface area contributed by atoms with Crippen molar-refractivity contribution < 1.29 is 9.47 Å². The van der Waals surface area contributed by atoms with Gasteiger partial charge in [-0.25, -0.2) is 9.97 Å². The topological polar surface area (TPSA) is 61.5 Å². The zero-order valence-corrected chi connectivity index (χ0v) is 28.0. The van der Waals surface area contributed by atoms with Crippen LogP contribution >= 0.6 is 23.2 Å². The fourth-order valence-electron chi connectivity index (χ4n) is 6.41. The lowest BCUT2D eigenvalue weighted by Crippen LogP contribution is -2.17. The molecule has 0 saturated heterocycles. The highest BCUT2D eigenvalue weighted by Gasteiger charge is 2.27. The Kier molecular flexibility index (Phi) is 9.27. The average Bonchev–Trinajstić information content (AvgIpc) is 3.33. The van der Waals surface area contributed by atoms with E-state index >= 15 is 0 Å². The Morgan fingerprint density at radius 2 is 1.60 bits per heavy atom. The number of ether oxygens (including phenoxy) is 2. The fraction of sp³-hybridized carbons (Fsp3) is 0.324. The van der Waals surface area contributed by atoms with Gasteiger partial charge in [-0.1, -0.05) is 59.6 Å². The van der Waals surface area contributed by atoms with E-state index in [2.05, 4.69) is 29.7 Å². The van der Waals surface area contributed by atoms with Gasteiger partial charge in [-0.3, -0.25) is 4.99 Å².